The molecular weight excluding hydrogens is 335 g/mol. The first kappa shape index (κ1) is 16.1. The van der Waals surface area contributed by atoms with Crippen LogP contribution in [0, 0.1) is 26.1 Å². The molecule has 0 bridgehead atoms. The van der Waals surface area contributed by atoms with Crippen molar-refractivity contribution in [1.82, 2.24) is 0 Å². The average Bonchev–Trinajstić information content (AvgIpc) is 2.47. The van der Waals surface area contributed by atoms with Crippen LogP contribution in [-0.2, 0) is 9.67 Å². The molecule has 0 amide bonds. The zero-order valence-electron chi connectivity index (χ0n) is 10.8. The van der Waals surface area contributed by atoms with E-state index in [0.717, 1.165) is 18.2 Å². The number of hydrogen-bond donors (Lipinski definition) is 0. The molecule has 0 saturated carbocycles. The van der Waals surface area contributed by atoms with E-state index in [2.05, 4.69) is 0 Å². The summed E-state index contributed by atoms with van der Waals surface area (Å²) in [6.07, 6.45) is 3.92. The summed E-state index contributed by atoms with van der Waals surface area (Å²) in [5.74, 6) is -1.08. The van der Waals surface area contributed by atoms with Crippen LogP contribution < -0.4 is 0 Å². The normalized spacial score (nSPS) is 23.7. The van der Waals surface area contributed by atoms with Crippen LogP contribution in [0.15, 0.2) is 42.1 Å². The number of nitro benzene ring substituents is 1. The van der Waals surface area contributed by atoms with E-state index in [1.54, 1.807) is 0 Å². The lowest BCUT2D eigenvalue weighted by molar-refractivity contribution is -0.419. The average molecular weight is 343 g/mol. The Kier molecular flexibility index (Phi) is 4.30. The predicted molar refractivity (Wildman–Crippen MR) is 79.4 cm³/mol. The van der Waals surface area contributed by atoms with E-state index >= 15 is 0 Å². The maximum Gasteiger partial charge on any atom is 0.269 e. The lowest BCUT2D eigenvalue weighted by Gasteiger charge is -2.30. The minimum absolute atomic E-state index is 0.120. The summed E-state index contributed by atoms with van der Waals surface area (Å²) < 4.78 is 0. The number of carbonyl (C=O) groups is 1. The Morgan fingerprint density at radius 3 is 2.45 bits per heavy atom. The third-order valence-electron chi connectivity index (χ3n) is 3.26. The van der Waals surface area contributed by atoms with Gasteiger partial charge in [-0.25, -0.2) is 0 Å². The molecule has 0 N–H and O–H groups in total. The van der Waals surface area contributed by atoms with E-state index in [1.165, 1.54) is 18.2 Å². The minimum atomic E-state index is -1.52. The first-order valence-electron chi connectivity index (χ1n) is 5.93. The molecule has 114 valence electrons. The molecule has 0 radical (unpaired) electrons. The van der Waals surface area contributed by atoms with E-state index in [9.17, 15) is 25.0 Å². The number of alkyl halides is 1. The second-order valence-electron chi connectivity index (χ2n) is 4.53. The van der Waals surface area contributed by atoms with Crippen molar-refractivity contribution in [3.63, 3.8) is 0 Å². The van der Waals surface area contributed by atoms with Gasteiger partial charge in [-0.3, -0.25) is 20.2 Å². The minimum Gasteiger partial charge on any atom is -0.303 e. The van der Waals surface area contributed by atoms with E-state index in [4.69, 9.17) is 23.2 Å². The largest absolute Gasteiger partial charge is 0.303 e. The summed E-state index contributed by atoms with van der Waals surface area (Å²) in [5.41, 5.74) is -0.395. The molecule has 1 aliphatic carbocycles. The smallest absolute Gasteiger partial charge is 0.269 e. The lowest BCUT2D eigenvalue weighted by Crippen LogP contribution is -2.30. The second kappa shape index (κ2) is 5.86. The molecule has 7 nitrogen and oxygen atoms in total. The molecule has 0 heterocycles. The number of allylic oxidation sites excluding steroid dienone is 3. The van der Waals surface area contributed by atoms with Crippen LogP contribution >= 0.6 is 23.2 Å². The molecule has 1 aromatic rings. The molecule has 0 saturated heterocycles. The van der Waals surface area contributed by atoms with Crippen LogP contribution in [0.4, 0.5) is 5.69 Å². The number of hydrogen-bond acceptors (Lipinski definition) is 5. The van der Waals surface area contributed by atoms with E-state index in [-0.39, 0.29) is 22.0 Å². The summed E-state index contributed by atoms with van der Waals surface area (Å²) in [4.78, 5) is 30.1. The van der Waals surface area contributed by atoms with Gasteiger partial charge in [0, 0.05) is 34.9 Å². The number of halogens is 2. The SMILES string of the molecule is O=CC1C=C([N+](=O)[O-])C=CC1(Cl)c1cc([N+](=O)[O-])ccc1Cl. The Morgan fingerprint density at radius 2 is 1.91 bits per heavy atom. The second-order valence-corrected chi connectivity index (χ2v) is 5.57. The Morgan fingerprint density at radius 1 is 1.23 bits per heavy atom. The topological polar surface area (TPSA) is 103 Å². The van der Waals surface area contributed by atoms with Gasteiger partial charge >= 0.3 is 0 Å². The van der Waals surface area contributed by atoms with Crippen molar-refractivity contribution in [3.05, 3.63) is 72.9 Å². The zero-order valence-corrected chi connectivity index (χ0v) is 12.3. The maximum absolute atomic E-state index is 11.3. The highest BCUT2D eigenvalue weighted by molar-refractivity contribution is 6.34. The molecule has 0 fully saturated rings. The van der Waals surface area contributed by atoms with E-state index < -0.39 is 20.6 Å². The number of carbonyl (C=O) groups excluding carboxylic acids is 1. The number of aldehydes is 1. The summed E-state index contributed by atoms with van der Waals surface area (Å²) in [5, 5.41) is 21.8. The predicted octanol–water partition coefficient (Wildman–Crippen LogP) is 3.23. The van der Waals surface area contributed by atoms with Gasteiger partial charge < -0.3 is 4.79 Å². The van der Waals surface area contributed by atoms with Crippen molar-refractivity contribution in [1.29, 1.82) is 0 Å². The highest BCUT2D eigenvalue weighted by Gasteiger charge is 2.41. The first-order valence-corrected chi connectivity index (χ1v) is 6.69. The van der Waals surface area contributed by atoms with Crippen LogP contribution in [0.25, 0.3) is 0 Å². The van der Waals surface area contributed by atoms with Crippen molar-refractivity contribution in [2.45, 2.75) is 4.87 Å². The van der Waals surface area contributed by atoms with Crippen molar-refractivity contribution in [2.24, 2.45) is 5.92 Å². The monoisotopic (exact) mass is 342 g/mol. The molecule has 0 aliphatic heterocycles. The van der Waals surface area contributed by atoms with Crippen LogP contribution in [0.3, 0.4) is 0 Å². The Balaban J connectivity index is 2.58. The van der Waals surface area contributed by atoms with Gasteiger partial charge in [0.2, 0.25) is 0 Å². The Bertz CT molecular complexity index is 731. The standard InChI is InChI=1S/C13H8Cl2N2O5/c14-12-2-1-9(16(19)20)6-11(12)13(15)4-3-10(17(21)22)5-8(13)7-18/h1-8H. The van der Waals surface area contributed by atoms with Gasteiger partial charge in [-0.05, 0) is 6.07 Å². The van der Waals surface area contributed by atoms with Gasteiger partial charge in [-0.1, -0.05) is 17.7 Å². The Labute approximate surface area is 134 Å². The number of nitrogens with zero attached hydrogens (tertiary/aromatic N) is 2. The van der Waals surface area contributed by atoms with Crippen LogP contribution in [-0.4, -0.2) is 16.1 Å². The Hall–Kier alpha value is -2.25. The molecule has 2 unspecified atom stereocenters. The van der Waals surface area contributed by atoms with Crippen LogP contribution in [0.2, 0.25) is 5.02 Å². The molecule has 1 aliphatic rings. The van der Waals surface area contributed by atoms with E-state index in [0.29, 0.717) is 6.29 Å². The molecule has 2 atom stereocenters. The van der Waals surface area contributed by atoms with Gasteiger partial charge in [0.05, 0.1) is 15.8 Å². The highest BCUT2D eigenvalue weighted by Crippen LogP contribution is 2.45. The maximum atomic E-state index is 11.3. The summed E-state index contributed by atoms with van der Waals surface area (Å²) in [7, 11) is 0. The highest BCUT2D eigenvalue weighted by atomic mass is 35.5. The molecule has 22 heavy (non-hydrogen) atoms. The molecule has 1 aromatic carbocycles. The van der Waals surface area contributed by atoms with Crippen molar-refractivity contribution in [3.8, 4) is 0 Å². The molecular formula is C13H8Cl2N2O5. The van der Waals surface area contributed by atoms with Crippen LogP contribution in [0.1, 0.15) is 5.56 Å². The van der Waals surface area contributed by atoms with Gasteiger partial charge in [0.15, 0.2) is 0 Å². The summed E-state index contributed by atoms with van der Waals surface area (Å²) >= 11 is 12.5. The van der Waals surface area contributed by atoms with Crippen molar-refractivity contribution < 1.29 is 14.6 Å². The number of rotatable bonds is 4. The fraction of sp³-hybridized carbons (Fsp3) is 0.154. The molecule has 9 heteroatoms. The third-order valence-corrected chi connectivity index (χ3v) is 4.17. The van der Waals surface area contributed by atoms with Crippen molar-refractivity contribution in [2.75, 3.05) is 0 Å². The fourth-order valence-corrected chi connectivity index (χ4v) is 2.78. The molecule has 0 aromatic heterocycles. The fourth-order valence-electron chi connectivity index (χ4n) is 2.13. The van der Waals surface area contributed by atoms with Crippen molar-refractivity contribution >= 4 is 35.2 Å². The van der Waals surface area contributed by atoms with Gasteiger partial charge in [-0.2, -0.15) is 0 Å². The van der Waals surface area contributed by atoms with Gasteiger partial charge in [-0.15, -0.1) is 11.6 Å². The van der Waals surface area contributed by atoms with Gasteiger partial charge in [0.25, 0.3) is 11.4 Å². The van der Waals surface area contributed by atoms with E-state index in [1.807, 2.05) is 0 Å². The first-order chi connectivity index (χ1) is 10.3. The quantitative estimate of drug-likeness (QED) is 0.361. The summed E-state index contributed by atoms with van der Waals surface area (Å²) in [6.45, 7) is 0. The molecule has 2 rings (SSSR count). The summed E-state index contributed by atoms with van der Waals surface area (Å²) in [6, 6.07) is 3.65. The van der Waals surface area contributed by atoms with Gasteiger partial charge in [0.1, 0.15) is 11.2 Å². The zero-order chi connectivity index (χ0) is 16.5. The lowest BCUT2D eigenvalue weighted by atomic mass is 9.82. The number of non-ortho nitro benzene ring substituents is 1. The molecule has 0 spiro atoms. The number of benzene rings is 1. The van der Waals surface area contributed by atoms with Crippen LogP contribution in [0.5, 0.6) is 0 Å². The third kappa shape index (κ3) is 2.72. The number of nitro groups is 2.